The first-order valence-corrected chi connectivity index (χ1v) is 11.7. The zero-order chi connectivity index (χ0) is 19.8. The fourth-order valence-corrected chi connectivity index (χ4v) is 6.05. The van der Waals surface area contributed by atoms with Crippen molar-refractivity contribution in [1.82, 2.24) is 20.0 Å². The molecule has 1 amide bonds. The lowest BCUT2D eigenvalue weighted by Crippen LogP contribution is -2.50. The van der Waals surface area contributed by atoms with E-state index in [-0.39, 0.29) is 34.9 Å². The second-order valence-electron chi connectivity index (χ2n) is 8.62. The monoisotopic (exact) mass is 396 g/mol. The largest absolute Gasteiger partial charge is 0.349 e. The highest BCUT2D eigenvalue weighted by Crippen LogP contribution is 2.33. The SMILES string of the molecule is CC(C)c1cc(C(=O)NCC2(N(C)C)CCCC2)nn1[C@H]1CCS(=O)(=O)C1. The van der Waals surface area contributed by atoms with E-state index in [9.17, 15) is 13.2 Å². The Hall–Kier alpha value is -1.41. The molecule has 3 rings (SSSR count). The van der Waals surface area contributed by atoms with Crippen LogP contribution in [-0.4, -0.2) is 66.7 Å². The van der Waals surface area contributed by atoms with Gasteiger partial charge in [-0.25, -0.2) is 8.42 Å². The molecule has 152 valence electrons. The van der Waals surface area contributed by atoms with Crippen molar-refractivity contribution in [2.75, 3.05) is 32.1 Å². The van der Waals surface area contributed by atoms with E-state index in [1.54, 1.807) is 4.68 Å². The van der Waals surface area contributed by atoms with Crippen LogP contribution in [-0.2, 0) is 9.84 Å². The molecule has 1 aromatic heterocycles. The van der Waals surface area contributed by atoms with Crippen LogP contribution in [0.15, 0.2) is 6.07 Å². The second-order valence-corrected chi connectivity index (χ2v) is 10.8. The fourth-order valence-electron chi connectivity index (χ4n) is 4.36. The van der Waals surface area contributed by atoms with Gasteiger partial charge in [0.25, 0.3) is 5.91 Å². The summed E-state index contributed by atoms with van der Waals surface area (Å²) >= 11 is 0. The van der Waals surface area contributed by atoms with Gasteiger partial charge in [0.15, 0.2) is 9.84 Å². The number of sulfone groups is 1. The molecule has 1 N–H and O–H groups in total. The Balaban J connectivity index is 1.76. The van der Waals surface area contributed by atoms with Gasteiger partial charge in [0.2, 0.25) is 0 Å². The molecule has 8 heteroatoms. The number of carbonyl (C=O) groups excluding carboxylic acids is 1. The highest BCUT2D eigenvalue weighted by molar-refractivity contribution is 7.91. The van der Waals surface area contributed by atoms with Gasteiger partial charge in [0, 0.05) is 17.8 Å². The molecule has 7 nitrogen and oxygen atoms in total. The van der Waals surface area contributed by atoms with Crippen LogP contribution in [0.5, 0.6) is 0 Å². The van der Waals surface area contributed by atoms with Gasteiger partial charge in [-0.2, -0.15) is 5.10 Å². The number of rotatable bonds is 6. The van der Waals surface area contributed by atoms with E-state index in [1.807, 2.05) is 19.9 Å². The normalized spacial score (nSPS) is 24.0. The van der Waals surface area contributed by atoms with E-state index < -0.39 is 9.84 Å². The fraction of sp³-hybridized carbons (Fsp3) is 0.789. The van der Waals surface area contributed by atoms with E-state index in [1.165, 1.54) is 12.8 Å². The van der Waals surface area contributed by atoms with E-state index in [4.69, 9.17) is 0 Å². The third-order valence-electron chi connectivity index (χ3n) is 6.20. The number of hydrogen-bond donors (Lipinski definition) is 1. The number of nitrogens with zero attached hydrogens (tertiary/aromatic N) is 3. The third-order valence-corrected chi connectivity index (χ3v) is 7.95. The quantitative estimate of drug-likeness (QED) is 0.795. The van der Waals surface area contributed by atoms with Crippen molar-refractivity contribution in [3.05, 3.63) is 17.5 Å². The van der Waals surface area contributed by atoms with Crippen LogP contribution in [0.25, 0.3) is 0 Å². The topological polar surface area (TPSA) is 84.3 Å². The summed E-state index contributed by atoms with van der Waals surface area (Å²) in [7, 11) is 1.14. The molecule has 1 saturated heterocycles. The number of amides is 1. The summed E-state index contributed by atoms with van der Waals surface area (Å²) in [5.74, 6) is 0.302. The zero-order valence-corrected chi connectivity index (χ0v) is 17.7. The highest BCUT2D eigenvalue weighted by Gasteiger charge is 2.37. The predicted octanol–water partition coefficient (Wildman–Crippen LogP) is 1.97. The minimum Gasteiger partial charge on any atom is -0.349 e. The Kier molecular flexibility index (Phi) is 5.68. The average Bonchev–Trinajstić information content (AvgIpc) is 3.30. The Labute approximate surface area is 162 Å². The van der Waals surface area contributed by atoms with Crippen molar-refractivity contribution in [2.45, 2.75) is 63.5 Å². The Morgan fingerprint density at radius 3 is 2.56 bits per heavy atom. The van der Waals surface area contributed by atoms with E-state index >= 15 is 0 Å². The molecule has 2 heterocycles. The van der Waals surface area contributed by atoms with Gasteiger partial charge < -0.3 is 10.2 Å². The van der Waals surface area contributed by atoms with Crippen LogP contribution in [0.3, 0.4) is 0 Å². The van der Waals surface area contributed by atoms with Gasteiger partial charge in [-0.1, -0.05) is 26.7 Å². The molecule has 1 aliphatic carbocycles. The maximum absolute atomic E-state index is 12.8. The Morgan fingerprint density at radius 2 is 2.04 bits per heavy atom. The Bertz CT molecular complexity index is 792. The molecule has 0 unspecified atom stereocenters. The minimum atomic E-state index is -3.00. The minimum absolute atomic E-state index is 0.0264. The molecule has 0 spiro atoms. The van der Waals surface area contributed by atoms with Crippen molar-refractivity contribution in [2.24, 2.45) is 0 Å². The summed E-state index contributed by atoms with van der Waals surface area (Å²) in [5, 5.41) is 7.59. The van der Waals surface area contributed by atoms with Crippen LogP contribution in [0.1, 0.15) is 74.1 Å². The lowest BCUT2D eigenvalue weighted by Gasteiger charge is -2.36. The lowest BCUT2D eigenvalue weighted by atomic mass is 9.96. The number of aromatic nitrogens is 2. The predicted molar refractivity (Wildman–Crippen MR) is 106 cm³/mol. The summed E-state index contributed by atoms with van der Waals surface area (Å²) in [4.78, 5) is 15.0. The summed E-state index contributed by atoms with van der Waals surface area (Å²) in [5.41, 5.74) is 1.33. The van der Waals surface area contributed by atoms with Crippen molar-refractivity contribution in [1.29, 1.82) is 0 Å². The molecule has 2 fully saturated rings. The van der Waals surface area contributed by atoms with Gasteiger partial charge in [-0.3, -0.25) is 9.48 Å². The maximum Gasteiger partial charge on any atom is 0.271 e. The van der Waals surface area contributed by atoms with Gasteiger partial charge in [-0.15, -0.1) is 0 Å². The molecule has 0 bridgehead atoms. The van der Waals surface area contributed by atoms with E-state index in [0.717, 1.165) is 18.5 Å². The maximum atomic E-state index is 12.8. The standard InChI is InChI=1S/C19H32N4O3S/c1-14(2)17-11-16(21-23(17)15-7-10-27(25,26)12-15)18(24)20-13-19(22(3)4)8-5-6-9-19/h11,14-15H,5-10,12-13H2,1-4H3,(H,20,24)/t15-/m0/s1. The first-order valence-electron chi connectivity index (χ1n) is 9.89. The molecule has 1 atom stereocenters. The van der Waals surface area contributed by atoms with Crippen LogP contribution >= 0.6 is 0 Å². The number of carbonyl (C=O) groups is 1. The van der Waals surface area contributed by atoms with Crippen LogP contribution in [0.2, 0.25) is 0 Å². The smallest absolute Gasteiger partial charge is 0.271 e. The van der Waals surface area contributed by atoms with Crippen LogP contribution < -0.4 is 5.32 Å². The van der Waals surface area contributed by atoms with Crippen molar-refractivity contribution in [3.63, 3.8) is 0 Å². The van der Waals surface area contributed by atoms with Gasteiger partial charge >= 0.3 is 0 Å². The van der Waals surface area contributed by atoms with E-state index in [0.29, 0.717) is 18.7 Å². The number of likely N-dealkylation sites (N-methyl/N-ethyl adjacent to an activating group) is 1. The highest BCUT2D eigenvalue weighted by atomic mass is 32.2. The molecular weight excluding hydrogens is 364 g/mol. The number of nitrogens with one attached hydrogen (secondary N) is 1. The van der Waals surface area contributed by atoms with Crippen LogP contribution in [0, 0.1) is 0 Å². The van der Waals surface area contributed by atoms with Crippen molar-refractivity contribution in [3.8, 4) is 0 Å². The lowest BCUT2D eigenvalue weighted by molar-refractivity contribution is 0.0894. The van der Waals surface area contributed by atoms with E-state index in [2.05, 4.69) is 29.4 Å². The molecule has 27 heavy (non-hydrogen) atoms. The molecule has 0 radical (unpaired) electrons. The molecular formula is C19H32N4O3S. The third kappa shape index (κ3) is 4.21. The second kappa shape index (κ2) is 7.54. The van der Waals surface area contributed by atoms with Crippen molar-refractivity contribution < 1.29 is 13.2 Å². The average molecular weight is 397 g/mol. The summed E-state index contributed by atoms with van der Waals surface area (Å²) in [6, 6.07) is 1.65. The first kappa shape index (κ1) is 20.3. The molecule has 1 aromatic rings. The molecule has 0 aromatic carbocycles. The summed E-state index contributed by atoms with van der Waals surface area (Å²) in [6.07, 6.45) is 5.12. The molecule has 1 aliphatic heterocycles. The van der Waals surface area contributed by atoms with Crippen molar-refractivity contribution >= 4 is 15.7 Å². The first-order chi connectivity index (χ1) is 12.6. The molecule has 2 aliphatic rings. The summed E-state index contributed by atoms with van der Waals surface area (Å²) < 4.78 is 25.5. The molecule has 1 saturated carbocycles. The van der Waals surface area contributed by atoms with Crippen LogP contribution in [0.4, 0.5) is 0 Å². The van der Waals surface area contributed by atoms with Gasteiger partial charge in [-0.05, 0) is 45.3 Å². The Morgan fingerprint density at radius 1 is 1.37 bits per heavy atom. The van der Waals surface area contributed by atoms with Gasteiger partial charge in [0.05, 0.1) is 17.5 Å². The number of hydrogen-bond acceptors (Lipinski definition) is 5. The van der Waals surface area contributed by atoms with Gasteiger partial charge in [0.1, 0.15) is 5.69 Å². The zero-order valence-electron chi connectivity index (χ0n) is 16.9. The summed E-state index contributed by atoms with van der Waals surface area (Å²) in [6.45, 7) is 4.69.